The summed E-state index contributed by atoms with van der Waals surface area (Å²) < 4.78 is 5.47. The lowest BCUT2D eigenvalue weighted by molar-refractivity contribution is -0.384. The number of morpholine rings is 1. The summed E-state index contributed by atoms with van der Waals surface area (Å²) in [5, 5.41) is 13.9. The van der Waals surface area contributed by atoms with Crippen LogP contribution in [0.25, 0.3) is 0 Å². The quantitative estimate of drug-likeness (QED) is 0.534. The monoisotopic (exact) mass is 432 g/mol. The smallest absolute Gasteiger partial charge is 0.270 e. The number of hydrogen-bond acceptors (Lipinski definition) is 6. The van der Waals surface area contributed by atoms with Gasteiger partial charge in [-0.2, -0.15) is 0 Å². The second kappa shape index (κ2) is 9.88. The van der Waals surface area contributed by atoms with Gasteiger partial charge in [0.05, 0.1) is 34.8 Å². The van der Waals surface area contributed by atoms with Crippen molar-refractivity contribution in [2.75, 3.05) is 51.8 Å². The molecule has 1 aliphatic rings. The van der Waals surface area contributed by atoms with Gasteiger partial charge in [-0.1, -0.05) is 23.7 Å². The molecule has 1 saturated heterocycles. The second-order valence-electron chi connectivity index (χ2n) is 7.28. The lowest BCUT2D eigenvalue weighted by Crippen LogP contribution is -2.43. The van der Waals surface area contributed by atoms with Crippen LogP contribution in [0.2, 0.25) is 5.02 Å². The Kier molecular flexibility index (Phi) is 7.25. The Morgan fingerprint density at radius 3 is 2.47 bits per heavy atom. The number of amides is 1. The Hall–Kier alpha value is -2.68. The van der Waals surface area contributed by atoms with Gasteiger partial charge >= 0.3 is 0 Å². The van der Waals surface area contributed by atoms with Crippen LogP contribution in [0, 0.1) is 10.1 Å². The maximum atomic E-state index is 12.7. The zero-order chi connectivity index (χ0) is 21.7. The number of rotatable bonds is 7. The van der Waals surface area contributed by atoms with Crippen molar-refractivity contribution in [3.05, 3.63) is 68.7 Å². The normalized spacial score (nSPS) is 15.4. The summed E-state index contributed by atoms with van der Waals surface area (Å²) in [4.78, 5) is 27.3. The number of nitro groups is 1. The first-order valence-corrected chi connectivity index (χ1v) is 10.1. The third-order valence-corrected chi connectivity index (χ3v) is 5.46. The Labute approximate surface area is 180 Å². The summed E-state index contributed by atoms with van der Waals surface area (Å²) >= 11 is 6.10. The molecule has 1 N–H and O–H groups in total. The van der Waals surface area contributed by atoms with E-state index in [-0.39, 0.29) is 28.2 Å². The Morgan fingerprint density at radius 1 is 1.23 bits per heavy atom. The van der Waals surface area contributed by atoms with E-state index in [2.05, 4.69) is 34.5 Å². The summed E-state index contributed by atoms with van der Waals surface area (Å²) in [5.41, 5.74) is 2.26. The average Bonchev–Trinajstić information content (AvgIpc) is 2.74. The zero-order valence-electron chi connectivity index (χ0n) is 17.0. The molecule has 9 heteroatoms. The highest BCUT2D eigenvalue weighted by atomic mass is 35.5. The average molecular weight is 433 g/mol. The van der Waals surface area contributed by atoms with Crippen molar-refractivity contribution in [1.82, 2.24) is 10.2 Å². The van der Waals surface area contributed by atoms with Crippen molar-refractivity contribution in [2.24, 2.45) is 0 Å². The number of nitrogens with one attached hydrogen (secondary N) is 1. The molecular weight excluding hydrogens is 408 g/mol. The lowest BCUT2D eigenvalue weighted by Gasteiger charge is -2.35. The topological polar surface area (TPSA) is 88.0 Å². The van der Waals surface area contributed by atoms with Crippen molar-refractivity contribution in [1.29, 1.82) is 0 Å². The number of anilines is 1. The van der Waals surface area contributed by atoms with Gasteiger partial charge in [0.2, 0.25) is 0 Å². The van der Waals surface area contributed by atoms with E-state index >= 15 is 0 Å². The van der Waals surface area contributed by atoms with E-state index in [0.29, 0.717) is 19.8 Å². The van der Waals surface area contributed by atoms with E-state index in [1.165, 1.54) is 18.2 Å². The van der Waals surface area contributed by atoms with Crippen LogP contribution in [-0.4, -0.2) is 62.7 Å². The highest BCUT2D eigenvalue weighted by Gasteiger charge is 2.24. The van der Waals surface area contributed by atoms with E-state index in [0.717, 1.165) is 24.3 Å². The maximum absolute atomic E-state index is 12.7. The van der Waals surface area contributed by atoms with E-state index in [9.17, 15) is 14.9 Å². The molecule has 30 heavy (non-hydrogen) atoms. The van der Waals surface area contributed by atoms with E-state index in [1.54, 1.807) is 0 Å². The van der Waals surface area contributed by atoms with Crippen LogP contribution >= 0.6 is 11.6 Å². The highest BCUT2D eigenvalue weighted by molar-refractivity contribution is 6.34. The fourth-order valence-corrected chi connectivity index (χ4v) is 3.69. The molecule has 2 aromatic carbocycles. The highest BCUT2D eigenvalue weighted by Crippen LogP contribution is 2.25. The van der Waals surface area contributed by atoms with E-state index in [1.807, 2.05) is 19.0 Å². The van der Waals surface area contributed by atoms with Crippen molar-refractivity contribution in [2.45, 2.75) is 6.04 Å². The molecule has 1 fully saturated rings. The molecule has 8 nitrogen and oxygen atoms in total. The number of carbonyl (C=O) groups is 1. The van der Waals surface area contributed by atoms with Gasteiger partial charge < -0.3 is 15.0 Å². The largest absolute Gasteiger partial charge is 0.379 e. The molecule has 1 atom stereocenters. The van der Waals surface area contributed by atoms with Crippen molar-refractivity contribution < 1.29 is 14.5 Å². The summed E-state index contributed by atoms with van der Waals surface area (Å²) in [6.45, 7) is 3.22. The molecule has 1 heterocycles. The Balaban J connectivity index is 1.76. The minimum Gasteiger partial charge on any atom is -0.379 e. The van der Waals surface area contributed by atoms with Crippen LogP contribution in [0.1, 0.15) is 22.0 Å². The number of carbonyl (C=O) groups excluding carboxylic acids is 1. The molecule has 2 aromatic rings. The molecule has 3 rings (SSSR count). The van der Waals surface area contributed by atoms with Gasteiger partial charge in [0.15, 0.2) is 0 Å². The van der Waals surface area contributed by atoms with Crippen LogP contribution in [0.3, 0.4) is 0 Å². The molecule has 1 amide bonds. The molecule has 0 bridgehead atoms. The van der Waals surface area contributed by atoms with Crippen LogP contribution in [0.15, 0.2) is 42.5 Å². The van der Waals surface area contributed by atoms with Crippen molar-refractivity contribution in [3.63, 3.8) is 0 Å². The number of hydrogen-bond donors (Lipinski definition) is 1. The fraction of sp³-hybridized carbons (Fsp3) is 0.381. The zero-order valence-corrected chi connectivity index (χ0v) is 17.8. The summed E-state index contributed by atoms with van der Waals surface area (Å²) in [7, 11) is 3.98. The van der Waals surface area contributed by atoms with E-state index in [4.69, 9.17) is 16.3 Å². The van der Waals surface area contributed by atoms with Crippen LogP contribution < -0.4 is 10.2 Å². The van der Waals surface area contributed by atoms with Crippen LogP contribution in [0.4, 0.5) is 11.4 Å². The van der Waals surface area contributed by atoms with Crippen LogP contribution in [0.5, 0.6) is 0 Å². The van der Waals surface area contributed by atoms with Crippen molar-refractivity contribution >= 4 is 28.9 Å². The summed E-state index contributed by atoms with van der Waals surface area (Å²) in [6, 6.07) is 12.1. The molecule has 0 saturated carbocycles. The Morgan fingerprint density at radius 2 is 1.90 bits per heavy atom. The SMILES string of the molecule is CN(C)c1ccc([C@H](CNC(=O)c2ccc([N+](=O)[O-])cc2Cl)N2CCOCC2)cc1. The van der Waals surface area contributed by atoms with Gasteiger partial charge in [-0.15, -0.1) is 0 Å². The standard InChI is InChI=1S/C21H25ClN4O4/c1-24(2)16-5-3-15(4-6-16)20(25-9-11-30-12-10-25)14-23-21(27)18-8-7-17(26(28)29)13-19(18)22/h3-8,13,20H,9-12,14H2,1-2H3,(H,23,27)/t20-/m0/s1. The molecular formula is C21H25ClN4O4. The van der Waals surface area contributed by atoms with Crippen molar-refractivity contribution in [3.8, 4) is 0 Å². The summed E-state index contributed by atoms with van der Waals surface area (Å²) in [6.07, 6.45) is 0. The molecule has 160 valence electrons. The van der Waals surface area contributed by atoms with Gasteiger partial charge in [0.25, 0.3) is 11.6 Å². The lowest BCUT2D eigenvalue weighted by atomic mass is 10.0. The first-order chi connectivity index (χ1) is 14.4. The van der Waals surface area contributed by atoms with Gasteiger partial charge in [-0.3, -0.25) is 19.8 Å². The molecule has 0 radical (unpaired) electrons. The molecule has 0 unspecified atom stereocenters. The predicted octanol–water partition coefficient (Wildman–Crippen LogP) is 3.12. The first-order valence-electron chi connectivity index (χ1n) is 9.68. The third-order valence-electron chi connectivity index (χ3n) is 5.14. The number of halogens is 1. The third kappa shape index (κ3) is 5.27. The minimum absolute atomic E-state index is 0.0223. The summed E-state index contributed by atoms with van der Waals surface area (Å²) in [5.74, 6) is -0.363. The molecule has 0 aromatic heterocycles. The van der Waals surface area contributed by atoms with Gasteiger partial charge in [0, 0.05) is 51.5 Å². The minimum atomic E-state index is -0.542. The number of nitrogens with zero attached hydrogens (tertiary/aromatic N) is 3. The molecule has 0 spiro atoms. The fourth-order valence-electron chi connectivity index (χ4n) is 3.43. The first kappa shape index (κ1) is 22.0. The molecule has 0 aliphatic carbocycles. The number of nitro benzene ring substituents is 1. The number of non-ortho nitro benzene ring substituents is 1. The predicted molar refractivity (Wildman–Crippen MR) is 116 cm³/mol. The second-order valence-corrected chi connectivity index (χ2v) is 7.69. The van der Waals surface area contributed by atoms with Crippen LogP contribution in [-0.2, 0) is 4.74 Å². The van der Waals surface area contributed by atoms with Gasteiger partial charge in [-0.05, 0) is 23.8 Å². The Bertz CT molecular complexity index is 898. The van der Waals surface area contributed by atoms with Gasteiger partial charge in [-0.25, -0.2) is 0 Å². The number of benzene rings is 2. The number of ether oxygens (including phenoxy) is 1. The molecule has 1 aliphatic heterocycles. The van der Waals surface area contributed by atoms with E-state index < -0.39 is 4.92 Å². The maximum Gasteiger partial charge on any atom is 0.270 e. The van der Waals surface area contributed by atoms with Gasteiger partial charge in [0.1, 0.15) is 0 Å².